The molecule has 126 valence electrons. The molecular formula is C19H22N2O2S. The van der Waals surface area contributed by atoms with Crippen molar-refractivity contribution in [3.05, 3.63) is 54.2 Å². The molecule has 1 aromatic carbocycles. The number of pyridine rings is 1. The Kier molecular flexibility index (Phi) is 3.64. The highest BCUT2D eigenvalue weighted by molar-refractivity contribution is 7.90. The van der Waals surface area contributed by atoms with Gasteiger partial charge in [0.05, 0.1) is 10.9 Å². The summed E-state index contributed by atoms with van der Waals surface area (Å²) in [5, 5.41) is 0. The lowest BCUT2D eigenvalue weighted by Crippen LogP contribution is -2.57. The van der Waals surface area contributed by atoms with Gasteiger partial charge in [-0.15, -0.1) is 0 Å². The van der Waals surface area contributed by atoms with Gasteiger partial charge in [-0.2, -0.15) is 0 Å². The number of rotatable bonds is 3. The lowest BCUT2D eigenvalue weighted by molar-refractivity contribution is 0.135. The first-order valence-electron chi connectivity index (χ1n) is 8.47. The van der Waals surface area contributed by atoms with E-state index in [-0.39, 0.29) is 4.90 Å². The predicted molar refractivity (Wildman–Crippen MR) is 94.8 cm³/mol. The first kappa shape index (κ1) is 15.6. The van der Waals surface area contributed by atoms with Crippen LogP contribution in [0.2, 0.25) is 0 Å². The molecule has 1 aliphatic heterocycles. The van der Waals surface area contributed by atoms with E-state index in [1.54, 1.807) is 6.07 Å². The number of hydrogen-bond acceptors (Lipinski definition) is 4. The zero-order valence-corrected chi connectivity index (χ0v) is 14.7. The Balaban J connectivity index is 1.68. The van der Waals surface area contributed by atoms with Crippen LogP contribution in [0.15, 0.2) is 53.6 Å². The third-order valence-electron chi connectivity index (χ3n) is 5.53. The van der Waals surface area contributed by atoms with Gasteiger partial charge in [0.25, 0.3) is 0 Å². The Hall–Kier alpha value is -1.88. The Labute approximate surface area is 143 Å². The molecule has 4 nitrogen and oxygen atoms in total. The average molecular weight is 342 g/mol. The molecule has 24 heavy (non-hydrogen) atoms. The molecule has 1 aliphatic carbocycles. The molecule has 5 heteroatoms. The van der Waals surface area contributed by atoms with Crippen molar-refractivity contribution >= 4 is 15.7 Å². The van der Waals surface area contributed by atoms with Gasteiger partial charge in [0.1, 0.15) is 5.82 Å². The van der Waals surface area contributed by atoms with E-state index in [0.29, 0.717) is 11.5 Å². The maximum Gasteiger partial charge on any atom is 0.177 e. The van der Waals surface area contributed by atoms with Crippen LogP contribution in [0.1, 0.15) is 37.3 Å². The van der Waals surface area contributed by atoms with Gasteiger partial charge in [-0.25, -0.2) is 13.4 Å². The van der Waals surface area contributed by atoms with Crippen LogP contribution in [0.4, 0.5) is 5.82 Å². The van der Waals surface area contributed by atoms with Crippen LogP contribution in [0.25, 0.3) is 0 Å². The van der Waals surface area contributed by atoms with Gasteiger partial charge in [0.2, 0.25) is 0 Å². The summed E-state index contributed by atoms with van der Waals surface area (Å²) in [6.07, 6.45) is 7.84. The van der Waals surface area contributed by atoms with E-state index in [1.807, 2.05) is 12.1 Å². The third kappa shape index (κ3) is 2.51. The van der Waals surface area contributed by atoms with Crippen molar-refractivity contribution in [1.82, 2.24) is 4.98 Å². The second-order valence-electron chi connectivity index (χ2n) is 7.13. The molecule has 1 aromatic heterocycles. The molecule has 0 amide bonds. The number of benzene rings is 1. The maximum absolute atomic E-state index is 11.6. The van der Waals surface area contributed by atoms with E-state index in [1.165, 1.54) is 43.7 Å². The molecular weight excluding hydrogens is 320 g/mol. The smallest absolute Gasteiger partial charge is 0.177 e. The molecule has 1 spiro atoms. The molecule has 0 bridgehead atoms. The number of hydrogen-bond donors (Lipinski definition) is 0. The van der Waals surface area contributed by atoms with Gasteiger partial charge >= 0.3 is 0 Å². The molecule has 0 N–H and O–H groups in total. The Bertz CT molecular complexity index is 825. The first-order chi connectivity index (χ1) is 11.5. The summed E-state index contributed by atoms with van der Waals surface area (Å²) in [6, 6.07) is 14.5. The summed E-state index contributed by atoms with van der Waals surface area (Å²) >= 11 is 0. The van der Waals surface area contributed by atoms with Gasteiger partial charge in [-0.05, 0) is 30.5 Å². The van der Waals surface area contributed by atoms with Crippen LogP contribution >= 0.6 is 0 Å². The standard InChI is InChI=1S/C19H22N2O2S/c1-24(22,23)16-9-10-17(20-13-16)21-14-19(11-5-6-12-19)18(21)15-7-3-2-4-8-15/h2-4,7-10,13,18H,5-6,11-12,14H2,1H3. The normalized spacial score (nSPS) is 22.5. The third-order valence-corrected chi connectivity index (χ3v) is 6.63. The van der Waals surface area contributed by atoms with Crippen LogP contribution < -0.4 is 4.90 Å². The van der Waals surface area contributed by atoms with Crippen LogP contribution in [0.3, 0.4) is 0 Å². The van der Waals surface area contributed by atoms with Crippen molar-refractivity contribution in [3.63, 3.8) is 0 Å². The lowest BCUT2D eigenvalue weighted by Gasteiger charge is -2.57. The highest BCUT2D eigenvalue weighted by atomic mass is 32.2. The van der Waals surface area contributed by atoms with Crippen molar-refractivity contribution < 1.29 is 8.42 Å². The lowest BCUT2D eigenvalue weighted by atomic mass is 9.67. The van der Waals surface area contributed by atoms with Crippen LogP contribution in [0.5, 0.6) is 0 Å². The van der Waals surface area contributed by atoms with Crippen molar-refractivity contribution in [2.75, 3.05) is 17.7 Å². The molecule has 4 rings (SSSR count). The van der Waals surface area contributed by atoms with Gasteiger partial charge in [-0.1, -0.05) is 43.2 Å². The van der Waals surface area contributed by atoms with Crippen molar-refractivity contribution in [1.29, 1.82) is 0 Å². The summed E-state index contributed by atoms with van der Waals surface area (Å²) in [7, 11) is -3.20. The van der Waals surface area contributed by atoms with Crippen LogP contribution in [-0.2, 0) is 9.84 Å². The zero-order valence-electron chi connectivity index (χ0n) is 13.9. The predicted octanol–water partition coefficient (Wildman–Crippen LogP) is 3.61. The molecule has 1 saturated heterocycles. The minimum absolute atomic E-state index is 0.276. The average Bonchev–Trinajstić information content (AvgIpc) is 3.05. The molecule has 2 heterocycles. The highest BCUT2D eigenvalue weighted by Crippen LogP contribution is 2.58. The van der Waals surface area contributed by atoms with E-state index in [2.05, 4.69) is 34.1 Å². The minimum atomic E-state index is -3.20. The molecule has 2 aromatic rings. The van der Waals surface area contributed by atoms with Crippen molar-refractivity contribution in [2.45, 2.75) is 36.6 Å². The van der Waals surface area contributed by atoms with Gasteiger partial charge in [0, 0.05) is 24.4 Å². The monoisotopic (exact) mass is 342 g/mol. The minimum Gasteiger partial charge on any atom is -0.348 e. The number of anilines is 1. The summed E-state index contributed by atoms with van der Waals surface area (Å²) in [4.78, 5) is 7.05. The van der Waals surface area contributed by atoms with Crippen LogP contribution in [-0.4, -0.2) is 26.2 Å². The molecule has 2 aliphatic rings. The molecule has 1 saturated carbocycles. The fourth-order valence-electron chi connectivity index (χ4n) is 4.39. The summed E-state index contributed by atoms with van der Waals surface area (Å²) < 4.78 is 23.3. The van der Waals surface area contributed by atoms with Gasteiger partial charge in [0.15, 0.2) is 9.84 Å². The second kappa shape index (κ2) is 5.59. The SMILES string of the molecule is CS(=O)(=O)c1ccc(N2CC3(CCCC3)C2c2ccccc2)nc1. The quantitative estimate of drug-likeness (QED) is 0.855. The van der Waals surface area contributed by atoms with Gasteiger partial charge in [-0.3, -0.25) is 0 Å². The van der Waals surface area contributed by atoms with E-state index in [4.69, 9.17) is 0 Å². The van der Waals surface area contributed by atoms with E-state index in [0.717, 1.165) is 12.4 Å². The number of nitrogens with zero attached hydrogens (tertiary/aromatic N) is 2. The number of sulfone groups is 1. The fraction of sp³-hybridized carbons (Fsp3) is 0.421. The largest absolute Gasteiger partial charge is 0.348 e. The Morgan fingerprint density at radius 3 is 2.38 bits per heavy atom. The van der Waals surface area contributed by atoms with E-state index in [9.17, 15) is 8.42 Å². The topological polar surface area (TPSA) is 50.3 Å². The zero-order chi connectivity index (χ0) is 16.8. The van der Waals surface area contributed by atoms with Crippen molar-refractivity contribution in [2.24, 2.45) is 5.41 Å². The summed E-state index contributed by atoms with van der Waals surface area (Å²) in [5.74, 6) is 0.869. The highest BCUT2D eigenvalue weighted by Gasteiger charge is 2.54. The molecule has 0 radical (unpaired) electrons. The Morgan fingerprint density at radius 1 is 1.08 bits per heavy atom. The summed E-state index contributed by atoms with van der Waals surface area (Å²) in [5.41, 5.74) is 1.69. The van der Waals surface area contributed by atoms with Gasteiger partial charge < -0.3 is 4.90 Å². The molecule has 2 fully saturated rings. The molecule has 1 unspecified atom stereocenters. The Morgan fingerprint density at radius 2 is 1.79 bits per heavy atom. The van der Waals surface area contributed by atoms with E-state index >= 15 is 0 Å². The van der Waals surface area contributed by atoms with E-state index < -0.39 is 9.84 Å². The van der Waals surface area contributed by atoms with Crippen molar-refractivity contribution in [3.8, 4) is 0 Å². The number of aromatic nitrogens is 1. The fourth-order valence-corrected chi connectivity index (χ4v) is 4.95. The van der Waals surface area contributed by atoms with Crippen LogP contribution in [0, 0.1) is 5.41 Å². The summed E-state index contributed by atoms with van der Waals surface area (Å²) in [6.45, 7) is 1.01. The molecule has 1 atom stereocenters. The second-order valence-corrected chi connectivity index (χ2v) is 9.15. The maximum atomic E-state index is 11.6. The first-order valence-corrected chi connectivity index (χ1v) is 10.4.